The second kappa shape index (κ2) is 9.79. The predicted octanol–water partition coefficient (Wildman–Crippen LogP) is 3.30. The molecule has 8 nitrogen and oxygen atoms in total. The number of aromatic carboxylic acids is 1. The van der Waals surface area contributed by atoms with Gasteiger partial charge in [-0.2, -0.15) is 0 Å². The van der Waals surface area contributed by atoms with E-state index in [0.717, 1.165) is 23.9 Å². The molecule has 2 aromatic carbocycles. The van der Waals surface area contributed by atoms with E-state index in [0.29, 0.717) is 36.3 Å². The number of aromatic nitrogens is 2. The van der Waals surface area contributed by atoms with Crippen LogP contribution in [0.2, 0.25) is 0 Å². The lowest BCUT2D eigenvalue weighted by atomic mass is 10.0. The average Bonchev–Trinajstić information content (AvgIpc) is 3.10. The third kappa shape index (κ3) is 5.06. The molecule has 0 aliphatic carbocycles. The van der Waals surface area contributed by atoms with Crippen molar-refractivity contribution in [1.29, 1.82) is 0 Å². The van der Waals surface area contributed by atoms with Gasteiger partial charge in [-0.25, -0.2) is 13.6 Å². The molecule has 3 aromatic rings. The summed E-state index contributed by atoms with van der Waals surface area (Å²) in [4.78, 5) is 13.3. The van der Waals surface area contributed by atoms with E-state index in [9.17, 15) is 13.6 Å². The highest BCUT2D eigenvalue weighted by Crippen LogP contribution is 2.33. The van der Waals surface area contributed by atoms with Gasteiger partial charge in [-0.05, 0) is 43.0 Å². The molecular weight excluding hydrogens is 444 g/mol. The number of hydrogen-bond donors (Lipinski definition) is 5. The summed E-state index contributed by atoms with van der Waals surface area (Å²) in [6.45, 7) is 0.791. The quantitative estimate of drug-likeness (QED) is 0.295. The normalized spacial score (nSPS) is 14.7. The SMILES string of the molecule is NCCc1c[nH]c(=S)n1C1COc2c(F)cc(F)cc2C1.O=C(O)c1cc(O)ccc1O. The summed E-state index contributed by atoms with van der Waals surface area (Å²) in [5.74, 6) is -2.93. The van der Waals surface area contributed by atoms with Gasteiger partial charge in [0, 0.05) is 36.4 Å². The fourth-order valence-corrected chi connectivity index (χ4v) is 3.76. The Bertz CT molecular complexity index is 1190. The number of carboxylic acid groups (broad SMARTS) is 1. The van der Waals surface area contributed by atoms with Gasteiger partial charge in [-0.1, -0.05) is 0 Å². The summed E-state index contributed by atoms with van der Waals surface area (Å²) in [6.07, 6.45) is 2.96. The zero-order valence-corrected chi connectivity index (χ0v) is 17.5. The van der Waals surface area contributed by atoms with Crippen LogP contribution in [-0.4, -0.2) is 44.0 Å². The average molecular weight is 465 g/mol. The number of nitrogens with two attached hydrogens (primary N) is 1. The van der Waals surface area contributed by atoms with Gasteiger partial charge in [0.1, 0.15) is 29.5 Å². The van der Waals surface area contributed by atoms with Crippen molar-refractivity contribution in [3.8, 4) is 17.2 Å². The number of carbonyl (C=O) groups is 1. The van der Waals surface area contributed by atoms with Crippen molar-refractivity contribution in [3.63, 3.8) is 0 Å². The number of nitrogens with zero attached hydrogens (tertiary/aromatic N) is 1. The fraction of sp³-hybridized carbons (Fsp3) is 0.238. The molecule has 11 heteroatoms. The maximum Gasteiger partial charge on any atom is 0.339 e. The lowest BCUT2D eigenvalue weighted by Gasteiger charge is -2.27. The number of aromatic hydroxyl groups is 2. The molecule has 4 rings (SSSR count). The number of fused-ring (bicyclic) bond motifs is 1. The maximum atomic E-state index is 13.7. The minimum Gasteiger partial charge on any atom is -0.508 e. The number of hydrogen-bond acceptors (Lipinski definition) is 6. The number of nitrogens with one attached hydrogen (secondary N) is 1. The van der Waals surface area contributed by atoms with Crippen molar-refractivity contribution >= 4 is 18.2 Å². The molecule has 1 unspecified atom stereocenters. The fourth-order valence-electron chi connectivity index (χ4n) is 3.44. The molecule has 1 aromatic heterocycles. The molecule has 32 heavy (non-hydrogen) atoms. The van der Waals surface area contributed by atoms with Gasteiger partial charge in [-0.3, -0.25) is 0 Å². The second-order valence-electron chi connectivity index (χ2n) is 7.05. The van der Waals surface area contributed by atoms with Crippen LogP contribution in [-0.2, 0) is 12.8 Å². The van der Waals surface area contributed by atoms with E-state index >= 15 is 0 Å². The monoisotopic (exact) mass is 465 g/mol. The van der Waals surface area contributed by atoms with Crippen molar-refractivity contribution in [2.75, 3.05) is 13.2 Å². The molecule has 0 spiro atoms. The van der Waals surface area contributed by atoms with E-state index in [2.05, 4.69) is 4.98 Å². The van der Waals surface area contributed by atoms with E-state index < -0.39 is 17.6 Å². The van der Waals surface area contributed by atoms with E-state index in [4.69, 9.17) is 38.0 Å². The Morgan fingerprint density at radius 3 is 2.69 bits per heavy atom. The molecule has 0 radical (unpaired) electrons. The highest BCUT2D eigenvalue weighted by molar-refractivity contribution is 7.71. The number of phenolic OH excluding ortho intramolecular Hbond substituents is 1. The van der Waals surface area contributed by atoms with Crippen molar-refractivity contribution < 1.29 is 33.6 Å². The van der Waals surface area contributed by atoms with Crippen molar-refractivity contribution in [2.24, 2.45) is 5.73 Å². The van der Waals surface area contributed by atoms with Crippen LogP contribution in [0.25, 0.3) is 0 Å². The predicted molar refractivity (Wildman–Crippen MR) is 114 cm³/mol. The van der Waals surface area contributed by atoms with Crippen LogP contribution >= 0.6 is 12.2 Å². The van der Waals surface area contributed by atoms with Gasteiger partial charge in [0.15, 0.2) is 16.3 Å². The molecule has 6 N–H and O–H groups in total. The highest BCUT2D eigenvalue weighted by atomic mass is 32.1. The van der Waals surface area contributed by atoms with E-state index in [1.54, 1.807) is 0 Å². The topological polar surface area (TPSA) is 134 Å². The molecule has 1 atom stereocenters. The van der Waals surface area contributed by atoms with Gasteiger partial charge < -0.3 is 35.3 Å². The number of H-pyrrole nitrogens is 1. The number of rotatable bonds is 4. The van der Waals surface area contributed by atoms with Gasteiger partial charge in [0.2, 0.25) is 0 Å². The highest BCUT2D eigenvalue weighted by Gasteiger charge is 2.26. The van der Waals surface area contributed by atoms with Gasteiger partial charge in [0.25, 0.3) is 0 Å². The van der Waals surface area contributed by atoms with Crippen LogP contribution in [0, 0.1) is 16.4 Å². The van der Waals surface area contributed by atoms with E-state index in [1.807, 2.05) is 10.8 Å². The Morgan fingerprint density at radius 2 is 2.03 bits per heavy atom. The van der Waals surface area contributed by atoms with Crippen molar-refractivity contribution in [1.82, 2.24) is 9.55 Å². The van der Waals surface area contributed by atoms with Crippen LogP contribution in [0.4, 0.5) is 8.78 Å². The van der Waals surface area contributed by atoms with E-state index in [1.165, 1.54) is 12.1 Å². The first-order valence-corrected chi connectivity index (χ1v) is 9.97. The number of aromatic amines is 1. The van der Waals surface area contributed by atoms with Crippen LogP contribution < -0.4 is 10.5 Å². The largest absolute Gasteiger partial charge is 0.508 e. The third-order valence-corrected chi connectivity index (χ3v) is 5.14. The standard InChI is InChI=1S/C14H15F2N3OS.C7H6O4/c15-9-3-8-4-11(7-20-13(8)12(16)5-9)19-10(1-2-17)6-18-14(19)21;8-4-1-2-6(9)5(3-4)7(10)11/h3,5-6,11H,1-2,4,7,17H2,(H,18,21);1-3,8-9H,(H,10,11). The van der Waals surface area contributed by atoms with Crippen LogP contribution in [0.5, 0.6) is 17.2 Å². The smallest absolute Gasteiger partial charge is 0.339 e. The van der Waals surface area contributed by atoms with E-state index in [-0.39, 0.29) is 28.9 Å². The summed E-state index contributed by atoms with van der Waals surface area (Å²) >= 11 is 5.28. The summed E-state index contributed by atoms with van der Waals surface area (Å²) in [6, 6.07) is 5.36. The number of phenols is 2. The number of ether oxygens (including phenoxy) is 1. The Hall–Kier alpha value is -3.44. The van der Waals surface area contributed by atoms with Gasteiger partial charge >= 0.3 is 5.97 Å². The molecule has 170 valence electrons. The molecule has 0 saturated carbocycles. The number of carboxylic acids is 1. The first kappa shape index (κ1) is 23.2. The van der Waals surface area contributed by atoms with Crippen molar-refractivity contribution in [2.45, 2.75) is 18.9 Å². The summed E-state index contributed by atoms with van der Waals surface area (Å²) in [5, 5.41) is 26.1. The van der Waals surface area contributed by atoms with Gasteiger partial charge in [0.05, 0.1) is 6.04 Å². The zero-order valence-electron chi connectivity index (χ0n) is 16.7. The Kier molecular flexibility index (Phi) is 7.11. The van der Waals surface area contributed by atoms with Crippen LogP contribution in [0.15, 0.2) is 36.5 Å². The maximum absolute atomic E-state index is 13.7. The van der Waals surface area contributed by atoms with Gasteiger partial charge in [-0.15, -0.1) is 0 Å². The molecule has 0 fully saturated rings. The summed E-state index contributed by atoms with van der Waals surface area (Å²) < 4.78 is 35.0. The number of benzene rings is 2. The van der Waals surface area contributed by atoms with Crippen LogP contribution in [0.1, 0.15) is 27.7 Å². The molecule has 1 aliphatic rings. The Labute approximate surface area is 186 Å². The zero-order chi connectivity index (χ0) is 23.4. The third-order valence-electron chi connectivity index (χ3n) is 4.83. The Morgan fingerprint density at radius 1 is 1.28 bits per heavy atom. The molecule has 2 heterocycles. The minimum absolute atomic E-state index is 0.0981. The summed E-state index contributed by atoms with van der Waals surface area (Å²) in [5.41, 5.74) is 6.78. The molecule has 1 aliphatic heterocycles. The number of halogens is 2. The minimum atomic E-state index is -1.27. The van der Waals surface area contributed by atoms with Crippen LogP contribution in [0.3, 0.4) is 0 Å². The van der Waals surface area contributed by atoms with Crippen molar-refractivity contribution in [3.05, 3.63) is 69.8 Å². The Balaban J connectivity index is 0.000000222. The first-order valence-electron chi connectivity index (χ1n) is 9.56. The molecule has 0 bridgehead atoms. The summed E-state index contributed by atoms with van der Waals surface area (Å²) in [7, 11) is 0. The second-order valence-corrected chi connectivity index (χ2v) is 7.43. The lowest BCUT2D eigenvalue weighted by molar-refractivity contribution is 0.0693. The molecular formula is C21H21F2N3O5S. The first-order chi connectivity index (χ1) is 15.2. The molecule has 0 saturated heterocycles. The molecule has 0 amide bonds. The number of imidazole rings is 1. The lowest BCUT2D eigenvalue weighted by Crippen LogP contribution is -2.27.